The lowest BCUT2D eigenvalue weighted by Crippen LogP contribution is -1.88. The Balaban J connectivity index is 2.33. The number of methoxy groups -OCH3 is 1. The van der Waals surface area contributed by atoms with E-state index in [4.69, 9.17) is 16.3 Å². The van der Waals surface area contributed by atoms with Crippen LogP contribution in [-0.2, 0) is 0 Å². The maximum Gasteiger partial charge on any atom is 0.119 e. The Morgan fingerprint density at radius 3 is 2.41 bits per heavy atom. The number of rotatable bonds is 3. The van der Waals surface area contributed by atoms with Gasteiger partial charge >= 0.3 is 0 Å². The molecule has 0 heterocycles. The quantitative estimate of drug-likeness (QED) is 0.777. The second-order valence-electron chi connectivity index (χ2n) is 3.72. The van der Waals surface area contributed by atoms with E-state index in [0.717, 1.165) is 27.5 Å². The van der Waals surface area contributed by atoms with Crippen molar-refractivity contribution in [2.45, 2.75) is 0 Å². The number of benzene rings is 2. The van der Waals surface area contributed by atoms with Gasteiger partial charge in [-0.1, -0.05) is 42.4 Å². The summed E-state index contributed by atoms with van der Waals surface area (Å²) in [6.45, 7) is 4.10. The van der Waals surface area contributed by atoms with Crippen molar-refractivity contribution in [2.24, 2.45) is 0 Å². The maximum absolute atomic E-state index is 5.86. The molecule has 0 aliphatic carbocycles. The van der Waals surface area contributed by atoms with E-state index in [1.165, 1.54) is 0 Å². The van der Waals surface area contributed by atoms with Crippen LogP contribution in [0.5, 0.6) is 5.75 Å². The summed E-state index contributed by atoms with van der Waals surface area (Å²) in [6, 6.07) is 15.5. The molecule has 2 aromatic rings. The molecular formula is C15H13ClO. The molecule has 0 aliphatic rings. The average Bonchev–Trinajstić information content (AvgIpc) is 2.39. The van der Waals surface area contributed by atoms with Crippen LogP contribution in [0.3, 0.4) is 0 Å². The van der Waals surface area contributed by atoms with Crippen LogP contribution < -0.4 is 4.74 Å². The van der Waals surface area contributed by atoms with Gasteiger partial charge in [-0.3, -0.25) is 0 Å². The molecule has 0 amide bonds. The van der Waals surface area contributed by atoms with E-state index < -0.39 is 0 Å². The number of halogens is 1. The van der Waals surface area contributed by atoms with Gasteiger partial charge in [-0.05, 0) is 41.0 Å². The molecule has 0 saturated carbocycles. The van der Waals surface area contributed by atoms with Gasteiger partial charge in [0.2, 0.25) is 0 Å². The van der Waals surface area contributed by atoms with E-state index in [-0.39, 0.29) is 0 Å². The summed E-state index contributed by atoms with van der Waals surface area (Å²) in [4.78, 5) is 0. The first kappa shape index (κ1) is 11.7. The highest BCUT2D eigenvalue weighted by Crippen LogP contribution is 2.25. The zero-order valence-corrected chi connectivity index (χ0v) is 10.4. The molecule has 86 valence electrons. The highest BCUT2D eigenvalue weighted by atomic mass is 35.5. The molecule has 0 fully saturated rings. The minimum Gasteiger partial charge on any atom is -0.497 e. The number of ether oxygens (including phenoxy) is 1. The summed E-state index contributed by atoms with van der Waals surface area (Å²) in [6.07, 6.45) is 0. The molecule has 0 radical (unpaired) electrons. The summed E-state index contributed by atoms with van der Waals surface area (Å²) in [5.41, 5.74) is 3.06. The highest BCUT2D eigenvalue weighted by molar-refractivity contribution is 6.30. The average molecular weight is 245 g/mol. The number of hydrogen-bond donors (Lipinski definition) is 0. The smallest absolute Gasteiger partial charge is 0.119 e. The minimum atomic E-state index is 0.729. The predicted octanol–water partition coefficient (Wildman–Crippen LogP) is 4.41. The molecule has 0 saturated heterocycles. The lowest BCUT2D eigenvalue weighted by Gasteiger charge is -2.08. The molecule has 2 heteroatoms. The zero-order chi connectivity index (χ0) is 12.3. The Morgan fingerprint density at radius 1 is 1.06 bits per heavy atom. The molecule has 0 aliphatic heterocycles. The fourth-order valence-electron chi connectivity index (χ4n) is 1.63. The fourth-order valence-corrected chi connectivity index (χ4v) is 1.75. The van der Waals surface area contributed by atoms with Crippen molar-refractivity contribution in [1.29, 1.82) is 0 Å². The van der Waals surface area contributed by atoms with Gasteiger partial charge < -0.3 is 4.74 Å². The van der Waals surface area contributed by atoms with Gasteiger partial charge in [0.05, 0.1) is 7.11 Å². The lowest BCUT2D eigenvalue weighted by molar-refractivity contribution is 0.414. The maximum atomic E-state index is 5.86. The van der Waals surface area contributed by atoms with Crippen molar-refractivity contribution in [2.75, 3.05) is 7.11 Å². The van der Waals surface area contributed by atoms with Crippen LogP contribution in [0.1, 0.15) is 11.1 Å². The second kappa shape index (κ2) is 5.07. The van der Waals surface area contributed by atoms with Crippen molar-refractivity contribution in [3.8, 4) is 5.75 Å². The van der Waals surface area contributed by atoms with E-state index in [9.17, 15) is 0 Å². The van der Waals surface area contributed by atoms with E-state index >= 15 is 0 Å². The standard InChI is InChI=1S/C15H13ClO/c1-11(12-6-8-14(16)9-7-12)13-4-3-5-15(10-13)17-2/h3-10H,1H2,2H3. The van der Waals surface area contributed by atoms with Gasteiger partial charge in [0.15, 0.2) is 0 Å². The molecular weight excluding hydrogens is 232 g/mol. The second-order valence-corrected chi connectivity index (χ2v) is 4.15. The zero-order valence-electron chi connectivity index (χ0n) is 9.61. The monoisotopic (exact) mass is 244 g/mol. The fraction of sp³-hybridized carbons (Fsp3) is 0.0667. The molecule has 0 unspecified atom stereocenters. The van der Waals surface area contributed by atoms with Crippen molar-refractivity contribution >= 4 is 17.2 Å². The Labute approximate surface area is 106 Å². The van der Waals surface area contributed by atoms with E-state index in [2.05, 4.69) is 6.58 Å². The van der Waals surface area contributed by atoms with Crippen LogP contribution in [0.15, 0.2) is 55.1 Å². The Kier molecular flexibility index (Phi) is 3.50. The topological polar surface area (TPSA) is 9.23 Å². The normalized spacial score (nSPS) is 10.0. The largest absolute Gasteiger partial charge is 0.497 e. The highest BCUT2D eigenvalue weighted by Gasteiger charge is 2.03. The molecule has 0 atom stereocenters. The predicted molar refractivity (Wildman–Crippen MR) is 72.6 cm³/mol. The third-order valence-corrected chi connectivity index (χ3v) is 2.86. The molecule has 0 aromatic heterocycles. The van der Waals surface area contributed by atoms with Crippen LogP contribution in [0.4, 0.5) is 0 Å². The Bertz CT molecular complexity index is 529. The van der Waals surface area contributed by atoms with Crippen LogP contribution in [-0.4, -0.2) is 7.11 Å². The Hall–Kier alpha value is -1.73. The van der Waals surface area contributed by atoms with E-state index in [0.29, 0.717) is 0 Å². The van der Waals surface area contributed by atoms with Crippen molar-refractivity contribution in [3.63, 3.8) is 0 Å². The van der Waals surface area contributed by atoms with Crippen molar-refractivity contribution in [1.82, 2.24) is 0 Å². The third kappa shape index (κ3) is 2.69. The molecule has 1 nitrogen and oxygen atoms in total. The van der Waals surface area contributed by atoms with Gasteiger partial charge in [-0.15, -0.1) is 0 Å². The molecule has 2 rings (SSSR count). The summed E-state index contributed by atoms with van der Waals surface area (Å²) >= 11 is 5.86. The summed E-state index contributed by atoms with van der Waals surface area (Å²) in [7, 11) is 1.66. The molecule has 2 aromatic carbocycles. The SMILES string of the molecule is C=C(c1ccc(Cl)cc1)c1cccc(OC)c1. The third-order valence-electron chi connectivity index (χ3n) is 2.61. The van der Waals surface area contributed by atoms with Gasteiger partial charge in [0, 0.05) is 5.02 Å². The van der Waals surface area contributed by atoms with Gasteiger partial charge in [-0.2, -0.15) is 0 Å². The van der Waals surface area contributed by atoms with Gasteiger partial charge in [-0.25, -0.2) is 0 Å². The summed E-state index contributed by atoms with van der Waals surface area (Å²) in [5, 5.41) is 0.729. The first-order valence-corrected chi connectivity index (χ1v) is 5.68. The van der Waals surface area contributed by atoms with Crippen LogP contribution in [0.25, 0.3) is 5.57 Å². The first-order chi connectivity index (χ1) is 8.20. The lowest BCUT2D eigenvalue weighted by atomic mass is 10.00. The molecule has 0 N–H and O–H groups in total. The Morgan fingerprint density at radius 2 is 1.76 bits per heavy atom. The minimum absolute atomic E-state index is 0.729. The van der Waals surface area contributed by atoms with E-state index in [1.54, 1.807) is 7.11 Å². The van der Waals surface area contributed by atoms with Crippen LogP contribution in [0, 0.1) is 0 Å². The molecule has 0 spiro atoms. The van der Waals surface area contributed by atoms with E-state index in [1.807, 2.05) is 48.5 Å². The van der Waals surface area contributed by atoms with Crippen LogP contribution in [0.2, 0.25) is 5.02 Å². The van der Waals surface area contributed by atoms with Crippen molar-refractivity contribution in [3.05, 3.63) is 71.3 Å². The number of hydrogen-bond acceptors (Lipinski definition) is 1. The van der Waals surface area contributed by atoms with Crippen LogP contribution >= 0.6 is 11.6 Å². The summed E-state index contributed by atoms with van der Waals surface area (Å²) in [5.74, 6) is 0.831. The summed E-state index contributed by atoms with van der Waals surface area (Å²) < 4.78 is 5.20. The molecule has 17 heavy (non-hydrogen) atoms. The van der Waals surface area contributed by atoms with Gasteiger partial charge in [0.1, 0.15) is 5.75 Å². The van der Waals surface area contributed by atoms with Crippen molar-refractivity contribution < 1.29 is 4.74 Å². The molecule has 0 bridgehead atoms. The first-order valence-electron chi connectivity index (χ1n) is 5.30. The van der Waals surface area contributed by atoms with Gasteiger partial charge in [0.25, 0.3) is 0 Å².